The van der Waals surface area contributed by atoms with Crippen LogP contribution in [0.3, 0.4) is 0 Å². The largest absolute Gasteiger partial charge is 0.486 e. The minimum absolute atomic E-state index is 0.230. The molecule has 0 unspecified atom stereocenters. The lowest BCUT2D eigenvalue weighted by Crippen LogP contribution is -2.20. The van der Waals surface area contributed by atoms with Crippen LogP contribution in [0.4, 0.5) is 0 Å². The summed E-state index contributed by atoms with van der Waals surface area (Å²) in [6.45, 7) is 1.18. The van der Waals surface area contributed by atoms with Gasteiger partial charge in [-0.25, -0.2) is 0 Å². The molecule has 0 saturated heterocycles. The van der Waals surface area contributed by atoms with Gasteiger partial charge in [0.05, 0.1) is 0 Å². The highest BCUT2D eigenvalue weighted by Crippen LogP contribution is 2.39. The highest BCUT2D eigenvalue weighted by molar-refractivity contribution is 5.99. The molecule has 0 fully saturated rings. The molecule has 1 aliphatic carbocycles. The molecule has 1 aromatic rings. The standard InChI is InChI=1S/C12H12O3/c13-10-3-1-2-9-8(10)4-5-11-12(9)15-7-6-14-11/h4-5H,1-3,6-7H2. The minimum Gasteiger partial charge on any atom is -0.486 e. The lowest BCUT2D eigenvalue weighted by Gasteiger charge is -2.24. The maximum atomic E-state index is 11.7. The molecule has 2 aliphatic rings. The summed E-state index contributed by atoms with van der Waals surface area (Å²) in [5, 5.41) is 0. The molecular weight excluding hydrogens is 192 g/mol. The number of hydrogen-bond donors (Lipinski definition) is 0. The van der Waals surface area contributed by atoms with Gasteiger partial charge in [-0.05, 0) is 25.0 Å². The Balaban J connectivity index is 2.17. The Kier molecular flexibility index (Phi) is 1.91. The Labute approximate surface area is 88.0 Å². The molecule has 15 heavy (non-hydrogen) atoms. The first-order valence-corrected chi connectivity index (χ1v) is 5.31. The normalized spacial score (nSPS) is 18.5. The van der Waals surface area contributed by atoms with Crippen LogP contribution >= 0.6 is 0 Å². The van der Waals surface area contributed by atoms with Crippen molar-refractivity contribution in [1.29, 1.82) is 0 Å². The van der Waals surface area contributed by atoms with Crippen LogP contribution in [0, 0.1) is 0 Å². The van der Waals surface area contributed by atoms with Crippen LogP contribution < -0.4 is 9.47 Å². The van der Waals surface area contributed by atoms with Gasteiger partial charge in [0.15, 0.2) is 17.3 Å². The second-order valence-electron chi connectivity index (χ2n) is 3.89. The molecule has 1 aliphatic heterocycles. The summed E-state index contributed by atoms with van der Waals surface area (Å²) >= 11 is 0. The van der Waals surface area contributed by atoms with E-state index < -0.39 is 0 Å². The van der Waals surface area contributed by atoms with E-state index in [1.54, 1.807) is 0 Å². The third kappa shape index (κ3) is 1.30. The molecule has 0 bridgehead atoms. The SMILES string of the molecule is O=C1CCCc2c1ccc1c2OCCO1. The Hall–Kier alpha value is -1.51. The third-order valence-electron chi connectivity index (χ3n) is 2.94. The second-order valence-corrected chi connectivity index (χ2v) is 3.89. The lowest BCUT2D eigenvalue weighted by molar-refractivity contribution is 0.0969. The van der Waals surface area contributed by atoms with Crippen molar-refractivity contribution in [2.24, 2.45) is 0 Å². The average molecular weight is 204 g/mol. The number of Topliss-reactive ketones (excluding diaryl/α,β-unsaturated/α-hetero) is 1. The van der Waals surface area contributed by atoms with Crippen molar-refractivity contribution in [3.63, 3.8) is 0 Å². The predicted octanol–water partition coefficient (Wildman–Crippen LogP) is 1.98. The summed E-state index contributed by atoms with van der Waals surface area (Å²) in [6, 6.07) is 3.71. The van der Waals surface area contributed by atoms with Crippen LogP contribution in [0.5, 0.6) is 11.5 Å². The van der Waals surface area contributed by atoms with Gasteiger partial charge in [-0.1, -0.05) is 0 Å². The molecule has 0 atom stereocenters. The van der Waals surface area contributed by atoms with E-state index in [0.29, 0.717) is 19.6 Å². The summed E-state index contributed by atoms with van der Waals surface area (Å²) in [5.41, 5.74) is 1.87. The zero-order valence-electron chi connectivity index (χ0n) is 8.41. The maximum Gasteiger partial charge on any atom is 0.165 e. The van der Waals surface area contributed by atoms with Crippen LogP contribution in [0.25, 0.3) is 0 Å². The summed E-state index contributed by atoms with van der Waals surface area (Å²) in [4.78, 5) is 11.7. The van der Waals surface area contributed by atoms with E-state index in [1.807, 2.05) is 12.1 Å². The fraction of sp³-hybridized carbons (Fsp3) is 0.417. The summed E-state index contributed by atoms with van der Waals surface area (Å²) in [5.74, 6) is 1.81. The molecule has 0 saturated carbocycles. The lowest BCUT2D eigenvalue weighted by atomic mass is 9.89. The van der Waals surface area contributed by atoms with Gasteiger partial charge in [0.2, 0.25) is 0 Å². The number of carbonyl (C=O) groups is 1. The van der Waals surface area contributed by atoms with Crippen LogP contribution in [-0.2, 0) is 6.42 Å². The van der Waals surface area contributed by atoms with Gasteiger partial charge >= 0.3 is 0 Å². The van der Waals surface area contributed by atoms with E-state index in [1.165, 1.54) is 0 Å². The van der Waals surface area contributed by atoms with Gasteiger partial charge in [0.1, 0.15) is 13.2 Å². The molecule has 0 amide bonds. The van der Waals surface area contributed by atoms with Crippen LogP contribution in [0.1, 0.15) is 28.8 Å². The highest BCUT2D eigenvalue weighted by atomic mass is 16.6. The van der Waals surface area contributed by atoms with Crippen molar-refractivity contribution >= 4 is 5.78 Å². The van der Waals surface area contributed by atoms with Crippen LogP contribution in [-0.4, -0.2) is 19.0 Å². The molecule has 3 rings (SSSR count). The molecule has 1 heterocycles. The molecular formula is C12H12O3. The van der Waals surface area contributed by atoms with E-state index in [-0.39, 0.29) is 5.78 Å². The Morgan fingerprint density at radius 3 is 2.87 bits per heavy atom. The van der Waals surface area contributed by atoms with Gasteiger partial charge < -0.3 is 9.47 Å². The van der Waals surface area contributed by atoms with Gasteiger partial charge in [-0.2, -0.15) is 0 Å². The van der Waals surface area contributed by atoms with E-state index in [4.69, 9.17) is 9.47 Å². The Bertz CT molecular complexity index is 423. The Morgan fingerprint density at radius 1 is 1.07 bits per heavy atom. The van der Waals surface area contributed by atoms with Crippen LogP contribution in [0.2, 0.25) is 0 Å². The fourth-order valence-electron chi connectivity index (χ4n) is 2.24. The van der Waals surface area contributed by atoms with Crippen molar-refractivity contribution in [1.82, 2.24) is 0 Å². The molecule has 0 aromatic heterocycles. The number of carbonyl (C=O) groups excluding carboxylic acids is 1. The third-order valence-corrected chi connectivity index (χ3v) is 2.94. The first kappa shape index (κ1) is 8.77. The number of benzene rings is 1. The molecule has 0 radical (unpaired) electrons. The molecule has 3 heteroatoms. The molecule has 78 valence electrons. The van der Waals surface area contributed by atoms with E-state index in [2.05, 4.69) is 0 Å². The van der Waals surface area contributed by atoms with Gasteiger partial charge in [-0.3, -0.25) is 4.79 Å². The predicted molar refractivity (Wildman–Crippen MR) is 54.7 cm³/mol. The van der Waals surface area contributed by atoms with Crippen molar-refractivity contribution in [3.05, 3.63) is 23.3 Å². The number of ether oxygens (including phenoxy) is 2. The zero-order valence-corrected chi connectivity index (χ0v) is 8.41. The summed E-state index contributed by atoms with van der Waals surface area (Å²) in [6.07, 6.45) is 2.51. The smallest absolute Gasteiger partial charge is 0.165 e. The maximum absolute atomic E-state index is 11.7. The first-order chi connectivity index (χ1) is 7.36. The highest BCUT2D eigenvalue weighted by Gasteiger charge is 2.25. The van der Waals surface area contributed by atoms with Crippen molar-refractivity contribution in [3.8, 4) is 11.5 Å². The number of fused-ring (bicyclic) bond motifs is 3. The van der Waals surface area contributed by atoms with Gasteiger partial charge in [-0.15, -0.1) is 0 Å². The average Bonchev–Trinajstić information content (AvgIpc) is 2.29. The topological polar surface area (TPSA) is 35.5 Å². The van der Waals surface area contributed by atoms with Gasteiger partial charge in [0, 0.05) is 17.5 Å². The Morgan fingerprint density at radius 2 is 1.93 bits per heavy atom. The summed E-state index contributed by atoms with van der Waals surface area (Å²) < 4.78 is 11.1. The first-order valence-electron chi connectivity index (χ1n) is 5.31. The minimum atomic E-state index is 0.230. The van der Waals surface area contributed by atoms with E-state index >= 15 is 0 Å². The summed E-state index contributed by atoms with van der Waals surface area (Å²) in [7, 11) is 0. The van der Waals surface area contributed by atoms with Crippen LogP contribution in [0.15, 0.2) is 12.1 Å². The van der Waals surface area contributed by atoms with Gasteiger partial charge in [0.25, 0.3) is 0 Å². The fourth-order valence-corrected chi connectivity index (χ4v) is 2.24. The molecule has 0 spiro atoms. The molecule has 1 aromatic carbocycles. The molecule has 0 N–H and O–H groups in total. The van der Waals surface area contributed by atoms with E-state index in [9.17, 15) is 4.79 Å². The van der Waals surface area contributed by atoms with Crippen molar-refractivity contribution in [2.45, 2.75) is 19.3 Å². The monoisotopic (exact) mass is 204 g/mol. The number of ketones is 1. The van der Waals surface area contributed by atoms with Crippen molar-refractivity contribution < 1.29 is 14.3 Å². The molecule has 3 nitrogen and oxygen atoms in total. The van der Waals surface area contributed by atoms with E-state index in [0.717, 1.165) is 35.5 Å². The van der Waals surface area contributed by atoms with Crippen molar-refractivity contribution in [2.75, 3.05) is 13.2 Å². The number of rotatable bonds is 0. The number of hydrogen-bond acceptors (Lipinski definition) is 3. The second kappa shape index (κ2) is 3.26. The zero-order chi connectivity index (χ0) is 10.3. The quantitative estimate of drug-likeness (QED) is 0.648.